The van der Waals surface area contributed by atoms with Crippen molar-refractivity contribution in [3.05, 3.63) is 17.8 Å². The molecule has 1 aliphatic heterocycles. The third kappa shape index (κ3) is 3.39. The average Bonchev–Trinajstić information content (AvgIpc) is 3.03. The average molecular weight is 280 g/mol. The number of carbonyl (C=O) groups is 1. The second-order valence-corrected chi connectivity index (χ2v) is 6.40. The molecule has 2 rings (SSSR count). The quantitative estimate of drug-likeness (QED) is 0.920. The lowest BCUT2D eigenvalue weighted by Gasteiger charge is -2.31. The third-order valence-electron chi connectivity index (χ3n) is 3.68. The maximum absolute atomic E-state index is 12.0. The summed E-state index contributed by atoms with van der Waals surface area (Å²) >= 11 is 0. The first kappa shape index (κ1) is 15.0. The molecule has 1 amide bonds. The molecule has 2 heterocycles. The zero-order valence-electron chi connectivity index (χ0n) is 12.7. The van der Waals surface area contributed by atoms with E-state index >= 15 is 0 Å². The van der Waals surface area contributed by atoms with Crippen LogP contribution in [0.3, 0.4) is 0 Å². The van der Waals surface area contributed by atoms with Gasteiger partial charge in [0.05, 0.1) is 6.10 Å². The number of amides is 1. The first-order chi connectivity index (χ1) is 9.41. The van der Waals surface area contributed by atoms with E-state index in [1.54, 1.807) is 0 Å². The van der Waals surface area contributed by atoms with Gasteiger partial charge in [-0.05, 0) is 11.8 Å². The molecule has 5 heteroatoms. The molecule has 1 aromatic rings. The first-order valence-electron chi connectivity index (χ1n) is 7.26. The second-order valence-electron chi connectivity index (χ2n) is 6.40. The predicted molar refractivity (Wildman–Crippen MR) is 75.5 cm³/mol. The van der Waals surface area contributed by atoms with E-state index < -0.39 is 0 Å². The number of nitrogens with zero attached hydrogens (tertiary/aromatic N) is 1. The molecule has 1 fully saturated rings. The fraction of sp³-hybridized carbons (Fsp3) is 0.733. The van der Waals surface area contributed by atoms with E-state index in [1.165, 1.54) is 6.26 Å². The van der Waals surface area contributed by atoms with Crippen molar-refractivity contribution >= 4 is 5.91 Å². The number of oxazole rings is 1. The van der Waals surface area contributed by atoms with Gasteiger partial charge in [-0.1, -0.05) is 27.7 Å². The van der Waals surface area contributed by atoms with Crippen molar-refractivity contribution in [1.29, 1.82) is 0 Å². The van der Waals surface area contributed by atoms with Gasteiger partial charge in [0, 0.05) is 25.5 Å². The Morgan fingerprint density at radius 2 is 2.25 bits per heavy atom. The van der Waals surface area contributed by atoms with Crippen LogP contribution in [0.4, 0.5) is 0 Å². The number of carbonyl (C=O) groups excluding carboxylic acids is 1. The fourth-order valence-electron chi connectivity index (χ4n) is 2.69. The highest BCUT2D eigenvalue weighted by atomic mass is 16.5. The van der Waals surface area contributed by atoms with Gasteiger partial charge in [0.15, 0.2) is 11.6 Å². The molecule has 1 saturated heterocycles. The number of aryl methyl sites for hydroxylation is 1. The molecule has 1 aliphatic rings. The highest BCUT2D eigenvalue weighted by Crippen LogP contribution is 2.34. The molecule has 112 valence electrons. The van der Waals surface area contributed by atoms with Crippen molar-refractivity contribution in [2.45, 2.75) is 46.6 Å². The lowest BCUT2D eigenvalue weighted by atomic mass is 9.81. The topological polar surface area (TPSA) is 64.4 Å². The van der Waals surface area contributed by atoms with Crippen LogP contribution < -0.4 is 5.32 Å². The summed E-state index contributed by atoms with van der Waals surface area (Å²) in [5.41, 5.74) is 0.447. The van der Waals surface area contributed by atoms with E-state index in [0.717, 1.165) is 13.0 Å². The normalized spacial score (nSPS) is 23.0. The molecule has 1 N–H and O–H groups in total. The Kier molecular flexibility index (Phi) is 4.48. The van der Waals surface area contributed by atoms with Crippen LogP contribution >= 0.6 is 0 Å². The minimum absolute atomic E-state index is 0.0924. The number of hydrogen-bond donors (Lipinski definition) is 1. The SMILES string of the molecule is CCc1nc(C(=O)NC[C@H]2CCO[C@@H]2C(C)(C)C)co1. The molecule has 0 bridgehead atoms. The number of ether oxygens (including phenoxy) is 1. The minimum atomic E-state index is -0.173. The van der Waals surface area contributed by atoms with Gasteiger partial charge in [0.2, 0.25) is 0 Å². The van der Waals surface area contributed by atoms with Gasteiger partial charge in [-0.15, -0.1) is 0 Å². The van der Waals surface area contributed by atoms with Crippen molar-refractivity contribution in [3.8, 4) is 0 Å². The monoisotopic (exact) mass is 280 g/mol. The van der Waals surface area contributed by atoms with Gasteiger partial charge in [-0.25, -0.2) is 4.98 Å². The van der Waals surface area contributed by atoms with E-state index in [9.17, 15) is 4.79 Å². The largest absolute Gasteiger partial charge is 0.448 e. The molecule has 0 aliphatic carbocycles. The zero-order chi connectivity index (χ0) is 14.8. The summed E-state index contributed by atoms with van der Waals surface area (Å²) in [6.45, 7) is 9.84. The molecule has 0 radical (unpaired) electrons. The Labute approximate surface area is 120 Å². The van der Waals surface area contributed by atoms with Crippen LogP contribution in [0.5, 0.6) is 0 Å². The van der Waals surface area contributed by atoms with Gasteiger partial charge in [-0.2, -0.15) is 0 Å². The Hall–Kier alpha value is -1.36. The van der Waals surface area contributed by atoms with Crippen molar-refractivity contribution in [2.24, 2.45) is 11.3 Å². The molecule has 0 saturated carbocycles. The van der Waals surface area contributed by atoms with Crippen LogP contribution in [0.2, 0.25) is 0 Å². The third-order valence-corrected chi connectivity index (χ3v) is 3.68. The van der Waals surface area contributed by atoms with E-state index in [-0.39, 0.29) is 17.4 Å². The lowest BCUT2D eigenvalue weighted by molar-refractivity contribution is 0.00736. The predicted octanol–water partition coefficient (Wildman–Crippen LogP) is 2.42. The Morgan fingerprint density at radius 1 is 1.50 bits per heavy atom. The summed E-state index contributed by atoms with van der Waals surface area (Å²) in [6.07, 6.45) is 3.28. The van der Waals surface area contributed by atoms with Crippen LogP contribution in [-0.4, -0.2) is 30.1 Å². The van der Waals surface area contributed by atoms with Crippen LogP contribution in [-0.2, 0) is 11.2 Å². The van der Waals surface area contributed by atoms with Gasteiger partial charge in [0.25, 0.3) is 5.91 Å². The maximum Gasteiger partial charge on any atom is 0.273 e. The van der Waals surface area contributed by atoms with Crippen LogP contribution in [0.15, 0.2) is 10.7 Å². The Balaban J connectivity index is 1.90. The van der Waals surface area contributed by atoms with Gasteiger partial charge in [-0.3, -0.25) is 4.79 Å². The molecule has 1 aromatic heterocycles. The van der Waals surface area contributed by atoms with Crippen LogP contribution in [0.1, 0.15) is 50.5 Å². The fourth-order valence-corrected chi connectivity index (χ4v) is 2.69. The maximum atomic E-state index is 12.0. The minimum Gasteiger partial charge on any atom is -0.448 e. The second kappa shape index (κ2) is 5.95. The van der Waals surface area contributed by atoms with Gasteiger partial charge in [0.1, 0.15) is 6.26 Å². The number of aromatic nitrogens is 1. The number of hydrogen-bond acceptors (Lipinski definition) is 4. The summed E-state index contributed by atoms with van der Waals surface area (Å²) in [6, 6.07) is 0. The summed E-state index contributed by atoms with van der Waals surface area (Å²) in [4.78, 5) is 16.1. The lowest BCUT2D eigenvalue weighted by Crippen LogP contribution is -2.38. The first-order valence-corrected chi connectivity index (χ1v) is 7.26. The molecule has 5 nitrogen and oxygen atoms in total. The summed E-state index contributed by atoms with van der Waals surface area (Å²) < 4.78 is 11.0. The van der Waals surface area contributed by atoms with Crippen molar-refractivity contribution in [2.75, 3.05) is 13.2 Å². The molecule has 0 aromatic carbocycles. The number of rotatable bonds is 4. The Morgan fingerprint density at radius 3 is 2.85 bits per heavy atom. The molecule has 20 heavy (non-hydrogen) atoms. The van der Waals surface area contributed by atoms with E-state index in [2.05, 4.69) is 31.1 Å². The van der Waals surface area contributed by atoms with Crippen LogP contribution in [0.25, 0.3) is 0 Å². The molecular weight excluding hydrogens is 256 g/mol. The smallest absolute Gasteiger partial charge is 0.273 e. The number of nitrogens with one attached hydrogen (secondary N) is 1. The summed E-state index contributed by atoms with van der Waals surface area (Å²) in [5, 5.41) is 2.94. The molecule has 0 unspecified atom stereocenters. The summed E-state index contributed by atoms with van der Waals surface area (Å²) in [7, 11) is 0. The van der Waals surface area contributed by atoms with Gasteiger partial charge < -0.3 is 14.5 Å². The summed E-state index contributed by atoms with van der Waals surface area (Å²) in [5.74, 6) is 0.774. The zero-order valence-corrected chi connectivity index (χ0v) is 12.7. The van der Waals surface area contributed by atoms with Gasteiger partial charge >= 0.3 is 0 Å². The van der Waals surface area contributed by atoms with E-state index in [4.69, 9.17) is 9.15 Å². The van der Waals surface area contributed by atoms with Crippen molar-refractivity contribution < 1.29 is 13.9 Å². The standard InChI is InChI=1S/C15H24N2O3/c1-5-12-17-11(9-20-12)14(18)16-8-10-6-7-19-13(10)15(2,3)4/h9-10,13H,5-8H2,1-4H3,(H,16,18)/t10-,13+/m1/s1. The highest BCUT2D eigenvalue weighted by Gasteiger charge is 2.37. The van der Waals surface area contributed by atoms with E-state index in [1.807, 2.05) is 6.92 Å². The van der Waals surface area contributed by atoms with Crippen LogP contribution in [0, 0.1) is 11.3 Å². The molecule has 2 atom stereocenters. The highest BCUT2D eigenvalue weighted by molar-refractivity contribution is 5.91. The van der Waals surface area contributed by atoms with Crippen molar-refractivity contribution in [1.82, 2.24) is 10.3 Å². The van der Waals surface area contributed by atoms with E-state index in [0.29, 0.717) is 30.5 Å². The molecular formula is C15H24N2O3. The Bertz CT molecular complexity index is 462. The molecule has 0 spiro atoms. The van der Waals surface area contributed by atoms with Crippen molar-refractivity contribution in [3.63, 3.8) is 0 Å².